The molecule has 0 amide bonds. The molecule has 0 saturated heterocycles. The number of imidazole rings is 2. The normalized spacial score (nSPS) is 15.3. The van der Waals surface area contributed by atoms with Gasteiger partial charge in [-0.25, -0.2) is 9.97 Å². The number of hydrogen-bond acceptors (Lipinski definition) is 4. The predicted octanol–water partition coefficient (Wildman–Crippen LogP) is 4.57. The Morgan fingerprint density at radius 2 is 0.974 bits per heavy atom. The van der Waals surface area contributed by atoms with Gasteiger partial charge in [0.25, 0.3) is 0 Å². The van der Waals surface area contributed by atoms with Gasteiger partial charge in [0, 0.05) is 39.7 Å². The van der Waals surface area contributed by atoms with Gasteiger partial charge < -0.3 is 9.97 Å². The van der Waals surface area contributed by atoms with Crippen LogP contribution in [0, 0.1) is 0 Å². The highest BCUT2D eigenvalue weighted by molar-refractivity contribution is 7.62. The molecule has 5 aromatic rings. The zero-order chi connectivity index (χ0) is 25.4. The number of aromatic amines is 2. The third-order valence-corrected chi connectivity index (χ3v) is 9.74. The average molecular weight is 534 g/mol. The van der Waals surface area contributed by atoms with Crippen molar-refractivity contribution in [3.05, 3.63) is 70.0 Å². The van der Waals surface area contributed by atoms with Gasteiger partial charge in [0.2, 0.25) is 0 Å². The van der Waals surface area contributed by atoms with Crippen LogP contribution < -0.4 is 11.1 Å². The first-order chi connectivity index (χ1) is 18.7. The van der Waals surface area contributed by atoms with Crippen LogP contribution in [0.2, 0.25) is 0 Å². The van der Waals surface area contributed by atoms with E-state index in [2.05, 4.69) is 46.4 Å². The number of rotatable bonds is 4. The molecule has 0 fully saturated rings. The Balaban J connectivity index is 1.24. The third-order valence-electron chi connectivity index (χ3n) is 8.48. The molecule has 3 aliphatic carbocycles. The minimum absolute atomic E-state index is 0.0695. The molecule has 2 unspecified atom stereocenters. The highest BCUT2D eigenvalue weighted by Gasteiger charge is 2.29. The predicted molar refractivity (Wildman–Crippen MR) is 156 cm³/mol. The molecule has 0 saturated carbocycles. The van der Waals surface area contributed by atoms with Gasteiger partial charge in [-0.1, -0.05) is 36.4 Å². The van der Waals surface area contributed by atoms with Crippen molar-refractivity contribution in [2.45, 2.75) is 38.5 Å². The molecule has 2 heterocycles. The first-order valence-corrected chi connectivity index (χ1v) is 15.2. The Hall–Kier alpha value is -3.46. The van der Waals surface area contributed by atoms with E-state index < -0.39 is 0 Å². The van der Waals surface area contributed by atoms with Gasteiger partial charge in [-0.2, -0.15) is 0 Å². The molecule has 0 spiro atoms. The lowest BCUT2D eigenvalue weighted by Gasteiger charge is -2.28. The van der Waals surface area contributed by atoms with Gasteiger partial charge in [0.15, 0.2) is 0 Å². The second-order valence-electron chi connectivity index (χ2n) is 10.2. The second-order valence-corrected chi connectivity index (χ2v) is 12.2. The van der Waals surface area contributed by atoms with Crippen molar-refractivity contribution in [1.29, 1.82) is 0 Å². The summed E-state index contributed by atoms with van der Waals surface area (Å²) in [5.74, 6) is 0. The van der Waals surface area contributed by atoms with Crippen molar-refractivity contribution in [1.82, 2.24) is 19.9 Å². The molecule has 3 aliphatic rings. The van der Waals surface area contributed by atoms with E-state index >= 15 is 0 Å². The minimum Gasteiger partial charge on any atom is -0.341 e. The summed E-state index contributed by atoms with van der Waals surface area (Å²) in [6.07, 6.45) is 5.91. The van der Waals surface area contributed by atoms with Gasteiger partial charge in [0.05, 0.1) is 11.4 Å². The minimum atomic E-state index is 0.0695. The van der Waals surface area contributed by atoms with E-state index in [9.17, 15) is 9.59 Å². The fourth-order valence-electron chi connectivity index (χ4n) is 6.91. The Labute approximate surface area is 222 Å². The number of aryl methyl sites for hydroxylation is 4. The number of aromatic nitrogens is 4. The lowest BCUT2D eigenvalue weighted by atomic mass is 9.76. The van der Waals surface area contributed by atoms with E-state index in [1.807, 2.05) is 0 Å². The van der Waals surface area contributed by atoms with Crippen LogP contribution in [0.3, 0.4) is 0 Å². The fraction of sp³-hybridized carbons (Fsp3) is 0.200. The Kier molecular flexibility index (Phi) is 5.05. The lowest BCUT2D eigenvalue weighted by molar-refractivity contribution is 0.569. The van der Waals surface area contributed by atoms with Gasteiger partial charge >= 0.3 is 0 Å². The number of fused-ring (bicyclic) bond motifs is 13. The molecule has 6 nitrogen and oxygen atoms in total. The number of benzene rings is 3. The number of H-pyrrole nitrogens is 2. The lowest BCUT2D eigenvalue weighted by Crippen LogP contribution is -2.13. The van der Waals surface area contributed by atoms with Crippen LogP contribution in [0.5, 0.6) is 0 Å². The molecule has 0 bridgehead atoms. The van der Waals surface area contributed by atoms with Crippen LogP contribution in [0.1, 0.15) is 33.6 Å². The molecule has 3 aromatic carbocycles. The summed E-state index contributed by atoms with van der Waals surface area (Å²) >= 11 is 0. The molecule has 8 rings (SSSR count). The maximum absolute atomic E-state index is 11.0. The highest BCUT2D eigenvalue weighted by atomic mass is 31.1. The van der Waals surface area contributed by atoms with Crippen LogP contribution in [-0.2, 0) is 48.1 Å². The second kappa shape index (κ2) is 8.53. The largest absolute Gasteiger partial charge is 0.341 e. The number of carbonyl (C=O) groups is 2. The number of hydrogen-bond donors (Lipinski definition) is 2. The van der Waals surface area contributed by atoms with Crippen LogP contribution in [0.25, 0.3) is 44.4 Å². The number of nitrogens with zero attached hydrogens (tertiary/aromatic N) is 2. The molecule has 0 aliphatic heterocycles. The molecule has 8 heteroatoms. The molecule has 38 heavy (non-hydrogen) atoms. The maximum atomic E-state index is 11.0. The maximum Gasteiger partial charge on any atom is 0.146 e. The summed E-state index contributed by atoms with van der Waals surface area (Å²) in [7, 11) is 0.144. The monoisotopic (exact) mass is 534 g/mol. The van der Waals surface area contributed by atoms with Gasteiger partial charge in [-0.05, 0) is 82.7 Å². The van der Waals surface area contributed by atoms with E-state index in [0.717, 1.165) is 84.5 Å². The molecule has 186 valence electrons. The first-order valence-electron chi connectivity index (χ1n) is 13.0. The molecule has 2 N–H and O–H groups in total. The number of carbonyl (C=O) groups excluding carboxylic acids is 2. The molecular formula is C30H24N4O2P2. The van der Waals surface area contributed by atoms with E-state index in [4.69, 9.17) is 9.97 Å². The topological polar surface area (TPSA) is 91.5 Å². The standard InChI is InChI=1S/C30H24N4O2P2/c35-13-37-29-31-25-11-9-21-19-3-1-15-16(18(19)6-8-23(21)27(25)33-29)2-4-20-17(15)5-7-24-22(20)10-12-26-28(24)34-30(32-26)38-14-36/h1,3,5-8,13-14,37-38H,2,4,9-12H2,(H,31,33)(H,32,34). The zero-order valence-corrected chi connectivity index (χ0v) is 22.6. The van der Waals surface area contributed by atoms with Crippen LogP contribution >= 0.6 is 17.2 Å². The summed E-state index contributed by atoms with van der Waals surface area (Å²) < 4.78 is 0. The van der Waals surface area contributed by atoms with Crippen molar-refractivity contribution >= 4 is 51.1 Å². The van der Waals surface area contributed by atoms with E-state index in [-0.39, 0.29) is 17.2 Å². The average Bonchev–Trinajstić information content (AvgIpc) is 3.56. The molecule has 2 aromatic heterocycles. The van der Waals surface area contributed by atoms with Crippen LogP contribution in [0.4, 0.5) is 0 Å². The van der Waals surface area contributed by atoms with Crippen LogP contribution in [0.15, 0.2) is 36.4 Å². The summed E-state index contributed by atoms with van der Waals surface area (Å²) in [4.78, 5) is 38.4. The van der Waals surface area contributed by atoms with Gasteiger partial charge in [-0.15, -0.1) is 0 Å². The van der Waals surface area contributed by atoms with Crippen molar-refractivity contribution < 1.29 is 9.59 Å². The Morgan fingerprint density at radius 3 is 1.63 bits per heavy atom. The van der Waals surface area contributed by atoms with Gasteiger partial charge in [-0.3, -0.25) is 9.59 Å². The quantitative estimate of drug-likeness (QED) is 0.261. The van der Waals surface area contributed by atoms with Gasteiger partial charge in [0.1, 0.15) is 23.2 Å². The summed E-state index contributed by atoms with van der Waals surface area (Å²) in [6, 6.07) is 15.6. The molecular weight excluding hydrogens is 510 g/mol. The fourth-order valence-corrected chi connectivity index (χ4v) is 7.93. The Bertz CT molecular complexity index is 1830. The van der Waals surface area contributed by atoms with E-state index in [1.165, 1.54) is 55.3 Å². The molecule has 2 atom stereocenters. The third kappa shape index (κ3) is 3.20. The van der Waals surface area contributed by atoms with Crippen LogP contribution in [-0.4, -0.2) is 32.0 Å². The molecule has 0 radical (unpaired) electrons. The summed E-state index contributed by atoms with van der Waals surface area (Å²) in [5, 5.41) is 2.69. The number of nitrogens with one attached hydrogen (secondary N) is 2. The van der Waals surface area contributed by atoms with Crippen molar-refractivity contribution in [3.8, 4) is 33.6 Å². The summed E-state index contributed by atoms with van der Waals surface area (Å²) in [6.45, 7) is 0. The van der Waals surface area contributed by atoms with Crippen molar-refractivity contribution in [2.75, 3.05) is 0 Å². The zero-order valence-electron chi connectivity index (χ0n) is 20.6. The van der Waals surface area contributed by atoms with Crippen molar-refractivity contribution in [3.63, 3.8) is 0 Å². The van der Waals surface area contributed by atoms with E-state index in [0.29, 0.717) is 0 Å². The first kappa shape index (κ1) is 22.5. The van der Waals surface area contributed by atoms with E-state index in [1.54, 1.807) is 0 Å². The Morgan fingerprint density at radius 1 is 0.553 bits per heavy atom. The van der Waals surface area contributed by atoms with Crippen molar-refractivity contribution in [2.24, 2.45) is 0 Å². The SMILES string of the molecule is O=CPc1nc2c([nH]1)CCc1c-2ccc2c1CCc1c-2ccc2c3c(ccc12)-c1nc(PC=O)[nH]c1CC3. The highest BCUT2D eigenvalue weighted by Crippen LogP contribution is 2.45. The summed E-state index contributed by atoms with van der Waals surface area (Å²) in [5.41, 5.74) is 16.8. The smallest absolute Gasteiger partial charge is 0.146 e.